The summed E-state index contributed by atoms with van der Waals surface area (Å²) in [5, 5.41) is 0. The van der Waals surface area contributed by atoms with Gasteiger partial charge in [-0.25, -0.2) is 0 Å². The summed E-state index contributed by atoms with van der Waals surface area (Å²) in [6, 6.07) is 10.2. The van der Waals surface area contributed by atoms with Crippen LogP contribution in [0.1, 0.15) is 12.0 Å². The minimum atomic E-state index is 0.868. The van der Waals surface area contributed by atoms with Crippen molar-refractivity contribution in [3.63, 3.8) is 0 Å². The van der Waals surface area contributed by atoms with E-state index in [-0.39, 0.29) is 0 Å². The highest BCUT2D eigenvalue weighted by atomic mass is 32.1. The molecule has 1 aromatic rings. The minimum Gasteiger partial charge on any atom is -0.0839 e. The lowest BCUT2D eigenvalue weighted by Crippen LogP contribution is -2.00. The van der Waals surface area contributed by atoms with Crippen LogP contribution in [0.15, 0.2) is 42.5 Å². The molecule has 0 saturated heterocycles. The average molecular weight is 185 g/mol. The molecule has 0 amide bonds. The van der Waals surface area contributed by atoms with E-state index in [4.69, 9.17) is 12.2 Å². The maximum absolute atomic E-state index is 5.26. The second-order valence-corrected chi connectivity index (χ2v) is 3.41. The third kappa shape index (κ3) is 1.76. The lowest BCUT2D eigenvalue weighted by atomic mass is 9.97. The van der Waals surface area contributed by atoms with Gasteiger partial charge in [-0.05, 0) is 11.6 Å². The van der Waals surface area contributed by atoms with Gasteiger partial charge in [-0.1, -0.05) is 54.7 Å². The smallest absolute Gasteiger partial charge is 0.0274 e. The summed E-state index contributed by atoms with van der Waals surface area (Å²) in [6.07, 6.45) is 8.03. The molecule has 1 radical (unpaired) electrons. The molecule has 0 spiro atoms. The molecule has 0 unspecified atom stereocenters. The Morgan fingerprint density at radius 1 is 1.15 bits per heavy atom. The fourth-order valence-corrected chi connectivity index (χ4v) is 1.61. The van der Waals surface area contributed by atoms with Crippen molar-refractivity contribution < 1.29 is 0 Å². The molecule has 0 heterocycles. The molecule has 63 valence electrons. The monoisotopic (exact) mass is 185 g/mol. The van der Waals surface area contributed by atoms with E-state index in [2.05, 4.69) is 18.2 Å². The Kier molecular flexibility index (Phi) is 2.37. The van der Waals surface area contributed by atoms with Gasteiger partial charge in [-0.3, -0.25) is 0 Å². The minimum absolute atomic E-state index is 0.868. The van der Waals surface area contributed by atoms with E-state index in [1.165, 1.54) is 0 Å². The third-order valence-electron chi connectivity index (χ3n) is 1.99. The Morgan fingerprint density at radius 2 is 1.92 bits per heavy atom. The lowest BCUT2D eigenvalue weighted by Gasteiger charge is -2.09. The number of hydrogen-bond donors (Lipinski definition) is 0. The molecule has 1 heteroatoms. The van der Waals surface area contributed by atoms with Gasteiger partial charge in [0.1, 0.15) is 0 Å². The molecule has 0 saturated carbocycles. The van der Waals surface area contributed by atoms with Crippen molar-refractivity contribution in [2.45, 2.75) is 6.42 Å². The van der Waals surface area contributed by atoms with Crippen molar-refractivity contribution in [3.8, 4) is 0 Å². The van der Waals surface area contributed by atoms with Crippen LogP contribution in [-0.2, 0) is 0 Å². The summed E-state index contributed by atoms with van der Waals surface area (Å²) in [7, 11) is 0. The number of hydrogen-bond acceptors (Lipinski definition) is 1. The van der Waals surface area contributed by atoms with E-state index in [9.17, 15) is 0 Å². The Labute approximate surface area is 83.6 Å². The quantitative estimate of drug-likeness (QED) is 0.605. The zero-order valence-electron chi connectivity index (χ0n) is 7.16. The second-order valence-electron chi connectivity index (χ2n) is 2.92. The first-order chi connectivity index (χ1) is 6.38. The van der Waals surface area contributed by atoms with E-state index < -0.39 is 0 Å². The van der Waals surface area contributed by atoms with Crippen LogP contribution in [0.4, 0.5) is 0 Å². The summed E-state index contributed by atoms with van der Waals surface area (Å²) in [6.45, 7) is 0. The first-order valence-corrected chi connectivity index (χ1v) is 4.66. The standard InChI is InChI=1S/C12H9S/c13-12-9-5-4-8-11(12)10-6-2-1-3-7-10/h1-7H,9H2. The van der Waals surface area contributed by atoms with Gasteiger partial charge in [-0.15, -0.1) is 0 Å². The predicted octanol–water partition coefficient (Wildman–Crippen LogP) is 3.20. The van der Waals surface area contributed by atoms with E-state index in [0.717, 1.165) is 22.4 Å². The van der Waals surface area contributed by atoms with Crippen LogP contribution in [0.25, 0.3) is 5.57 Å². The van der Waals surface area contributed by atoms with E-state index in [1.807, 2.05) is 30.4 Å². The summed E-state index contributed by atoms with van der Waals surface area (Å²) in [5.74, 6) is 0. The van der Waals surface area contributed by atoms with Crippen molar-refractivity contribution in [2.24, 2.45) is 0 Å². The highest BCUT2D eigenvalue weighted by molar-refractivity contribution is 7.81. The van der Waals surface area contributed by atoms with Crippen LogP contribution in [0.5, 0.6) is 0 Å². The molecule has 0 fully saturated rings. The highest BCUT2D eigenvalue weighted by Crippen LogP contribution is 2.20. The van der Waals surface area contributed by atoms with Gasteiger partial charge in [0.05, 0.1) is 0 Å². The maximum atomic E-state index is 5.26. The van der Waals surface area contributed by atoms with E-state index >= 15 is 0 Å². The third-order valence-corrected chi connectivity index (χ3v) is 2.36. The van der Waals surface area contributed by atoms with Gasteiger partial charge in [0, 0.05) is 16.9 Å². The van der Waals surface area contributed by atoms with Crippen molar-refractivity contribution in [1.82, 2.24) is 0 Å². The number of thiocarbonyl (C=S) groups is 1. The Balaban J connectivity index is 2.41. The first-order valence-electron chi connectivity index (χ1n) is 4.25. The molecule has 0 N–H and O–H groups in total. The fourth-order valence-electron chi connectivity index (χ4n) is 1.34. The molecule has 0 atom stereocenters. The lowest BCUT2D eigenvalue weighted by molar-refractivity contribution is 1.48. The zero-order valence-corrected chi connectivity index (χ0v) is 7.97. The van der Waals surface area contributed by atoms with Crippen molar-refractivity contribution in [3.05, 3.63) is 54.1 Å². The van der Waals surface area contributed by atoms with Gasteiger partial charge >= 0.3 is 0 Å². The first kappa shape index (κ1) is 8.39. The summed E-state index contributed by atoms with van der Waals surface area (Å²) in [4.78, 5) is 0.980. The normalized spacial score (nSPS) is 15.7. The number of benzene rings is 1. The molecular weight excluding hydrogens is 176 g/mol. The molecular formula is C12H9S. The summed E-state index contributed by atoms with van der Waals surface area (Å²) in [5.41, 5.74) is 2.23. The van der Waals surface area contributed by atoms with Gasteiger partial charge in [0.15, 0.2) is 0 Å². The van der Waals surface area contributed by atoms with Crippen LogP contribution in [0, 0.1) is 6.08 Å². The molecule has 1 aromatic carbocycles. The van der Waals surface area contributed by atoms with Crippen LogP contribution in [-0.4, -0.2) is 4.86 Å². The SMILES string of the molecule is S=C1CC=C[C]=C1c1ccccc1. The fraction of sp³-hybridized carbons (Fsp3) is 0.0833. The Hall–Kier alpha value is -1.21. The number of allylic oxidation sites excluding steroid dienone is 4. The van der Waals surface area contributed by atoms with E-state index in [1.54, 1.807) is 0 Å². The average Bonchev–Trinajstić information content (AvgIpc) is 2.20. The molecule has 13 heavy (non-hydrogen) atoms. The van der Waals surface area contributed by atoms with Crippen molar-refractivity contribution in [1.29, 1.82) is 0 Å². The Morgan fingerprint density at radius 3 is 2.62 bits per heavy atom. The molecule has 1 aliphatic carbocycles. The van der Waals surface area contributed by atoms with E-state index in [0.29, 0.717) is 0 Å². The molecule has 0 nitrogen and oxygen atoms in total. The van der Waals surface area contributed by atoms with Crippen molar-refractivity contribution in [2.75, 3.05) is 0 Å². The van der Waals surface area contributed by atoms with Crippen LogP contribution < -0.4 is 0 Å². The van der Waals surface area contributed by atoms with Gasteiger partial charge in [0.25, 0.3) is 0 Å². The topological polar surface area (TPSA) is 0 Å². The van der Waals surface area contributed by atoms with Crippen LogP contribution in [0.2, 0.25) is 0 Å². The zero-order chi connectivity index (χ0) is 9.10. The van der Waals surface area contributed by atoms with Gasteiger partial charge in [-0.2, -0.15) is 0 Å². The van der Waals surface area contributed by atoms with Gasteiger partial charge < -0.3 is 0 Å². The predicted molar refractivity (Wildman–Crippen MR) is 59.4 cm³/mol. The Bertz CT molecular complexity index is 371. The summed E-state index contributed by atoms with van der Waals surface area (Å²) < 4.78 is 0. The molecule has 0 aliphatic heterocycles. The van der Waals surface area contributed by atoms with Crippen LogP contribution in [0.3, 0.4) is 0 Å². The molecule has 1 aliphatic rings. The second kappa shape index (κ2) is 3.67. The largest absolute Gasteiger partial charge is 0.0839 e. The van der Waals surface area contributed by atoms with Crippen LogP contribution >= 0.6 is 12.2 Å². The summed E-state index contributed by atoms with van der Waals surface area (Å²) >= 11 is 5.26. The number of rotatable bonds is 1. The van der Waals surface area contributed by atoms with Crippen molar-refractivity contribution >= 4 is 22.7 Å². The molecule has 0 aromatic heterocycles. The molecule has 2 rings (SSSR count). The van der Waals surface area contributed by atoms with Gasteiger partial charge in [0.2, 0.25) is 0 Å². The maximum Gasteiger partial charge on any atom is 0.0274 e. The highest BCUT2D eigenvalue weighted by Gasteiger charge is 2.07. The molecule has 0 bridgehead atoms.